The number of thiophene rings is 2. The zero-order valence-electron chi connectivity index (χ0n) is 7.21. The summed E-state index contributed by atoms with van der Waals surface area (Å²) >= 11 is 18.0. The van der Waals surface area contributed by atoms with E-state index in [-0.39, 0.29) is 0 Å². The van der Waals surface area contributed by atoms with E-state index < -0.39 is 6.10 Å². The lowest BCUT2D eigenvalue weighted by atomic mass is 10.2. The van der Waals surface area contributed by atoms with Crippen molar-refractivity contribution < 1.29 is 5.11 Å². The molecule has 0 aliphatic carbocycles. The fourth-order valence-electron chi connectivity index (χ4n) is 1.13. The maximum Gasteiger partial charge on any atom is 0.124 e. The molecule has 0 bridgehead atoms. The van der Waals surface area contributed by atoms with Gasteiger partial charge in [0.2, 0.25) is 0 Å². The highest BCUT2D eigenvalue weighted by Gasteiger charge is 2.18. The van der Waals surface area contributed by atoms with E-state index in [0.717, 1.165) is 13.5 Å². The van der Waals surface area contributed by atoms with Crippen LogP contribution in [0.2, 0.25) is 10.0 Å². The summed E-state index contributed by atoms with van der Waals surface area (Å²) in [5, 5.41) is 13.1. The summed E-state index contributed by atoms with van der Waals surface area (Å²) in [5.41, 5.74) is 0. The Morgan fingerprint density at radius 1 is 1.33 bits per heavy atom. The van der Waals surface area contributed by atoms with Gasteiger partial charge in [-0.15, -0.1) is 22.7 Å². The Bertz CT molecular complexity index is 461. The molecule has 2 heterocycles. The minimum absolute atomic E-state index is 0.591. The molecule has 0 saturated carbocycles. The Morgan fingerprint density at radius 2 is 2.07 bits per heavy atom. The maximum absolute atomic E-state index is 10.1. The summed E-state index contributed by atoms with van der Waals surface area (Å²) in [4.78, 5) is 1.54. The number of aliphatic hydroxyl groups excluding tert-OH is 1. The molecule has 6 heteroatoms. The molecule has 0 aromatic carbocycles. The van der Waals surface area contributed by atoms with Crippen molar-refractivity contribution in [2.24, 2.45) is 0 Å². The van der Waals surface area contributed by atoms with Crippen LogP contribution in [0.1, 0.15) is 15.9 Å². The Morgan fingerprint density at radius 3 is 2.53 bits per heavy atom. The van der Waals surface area contributed by atoms with Gasteiger partial charge in [-0.1, -0.05) is 23.2 Å². The highest BCUT2D eigenvalue weighted by atomic mass is 79.9. The average Bonchev–Trinajstić information content (AvgIpc) is 2.74. The molecular formula is C9H5BrCl2OS2. The minimum atomic E-state index is -0.689. The molecule has 0 radical (unpaired) electrons. The van der Waals surface area contributed by atoms with Crippen molar-refractivity contribution >= 4 is 61.8 Å². The number of halogens is 3. The van der Waals surface area contributed by atoms with E-state index in [1.807, 2.05) is 5.38 Å². The minimum Gasteiger partial charge on any atom is -0.382 e. The maximum atomic E-state index is 10.1. The van der Waals surface area contributed by atoms with E-state index in [9.17, 15) is 5.11 Å². The number of rotatable bonds is 2. The van der Waals surface area contributed by atoms with Gasteiger partial charge in [0.05, 0.1) is 18.7 Å². The van der Waals surface area contributed by atoms with Crippen molar-refractivity contribution in [3.63, 3.8) is 0 Å². The van der Waals surface area contributed by atoms with Crippen LogP contribution < -0.4 is 0 Å². The Balaban J connectivity index is 2.36. The zero-order valence-corrected chi connectivity index (χ0v) is 11.9. The second-order valence-corrected chi connectivity index (χ2v) is 6.97. The molecule has 2 aromatic heterocycles. The van der Waals surface area contributed by atoms with Crippen LogP contribution in [-0.2, 0) is 0 Å². The predicted molar refractivity (Wildman–Crippen MR) is 70.4 cm³/mol. The third-order valence-electron chi connectivity index (χ3n) is 1.83. The van der Waals surface area contributed by atoms with Crippen molar-refractivity contribution in [1.29, 1.82) is 0 Å². The van der Waals surface area contributed by atoms with Crippen molar-refractivity contribution in [3.05, 3.63) is 41.1 Å². The zero-order chi connectivity index (χ0) is 11.0. The molecule has 0 spiro atoms. The van der Waals surface area contributed by atoms with Crippen LogP contribution in [0.4, 0.5) is 0 Å². The normalized spacial score (nSPS) is 13.1. The van der Waals surface area contributed by atoms with Crippen LogP contribution in [0.3, 0.4) is 0 Å². The SMILES string of the molecule is OC(c1cc(Cl)c(Br)s1)c1sccc1Cl. The largest absolute Gasteiger partial charge is 0.382 e. The topological polar surface area (TPSA) is 20.2 Å². The lowest BCUT2D eigenvalue weighted by Crippen LogP contribution is -1.93. The van der Waals surface area contributed by atoms with Gasteiger partial charge in [-0.2, -0.15) is 0 Å². The van der Waals surface area contributed by atoms with Crippen LogP contribution in [-0.4, -0.2) is 5.11 Å². The molecule has 0 fully saturated rings. The van der Waals surface area contributed by atoms with Gasteiger partial charge in [-0.05, 0) is 33.4 Å². The summed E-state index contributed by atoms with van der Waals surface area (Å²) in [6, 6.07) is 3.52. The number of aliphatic hydroxyl groups is 1. The van der Waals surface area contributed by atoms with Crippen LogP contribution in [0.25, 0.3) is 0 Å². The highest BCUT2D eigenvalue weighted by molar-refractivity contribution is 9.11. The van der Waals surface area contributed by atoms with Crippen LogP contribution in [0.5, 0.6) is 0 Å². The molecule has 1 N–H and O–H groups in total. The molecule has 1 atom stereocenters. The molecular weight excluding hydrogens is 339 g/mol. The molecule has 0 aliphatic heterocycles. The van der Waals surface area contributed by atoms with E-state index in [0.29, 0.717) is 10.0 Å². The third kappa shape index (κ3) is 2.40. The van der Waals surface area contributed by atoms with Gasteiger partial charge in [0.25, 0.3) is 0 Å². The van der Waals surface area contributed by atoms with Crippen molar-refractivity contribution in [2.75, 3.05) is 0 Å². The summed E-state index contributed by atoms with van der Waals surface area (Å²) in [6.45, 7) is 0. The molecule has 2 aromatic rings. The Hall–Kier alpha value is 0.420. The summed E-state index contributed by atoms with van der Waals surface area (Å²) in [5.74, 6) is 0. The fraction of sp³-hybridized carbons (Fsp3) is 0.111. The van der Waals surface area contributed by atoms with E-state index in [1.165, 1.54) is 22.7 Å². The lowest BCUT2D eigenvalue weighted by Gasteiger charge is -2.05. The van der Waals surface area contributed by atoms with Gasteiger partial charge < -0.3 is 5.11 Å². The first-order valence-corrected chi connectivity index (χ1v) is 7.20. The molecule has 1 nitrogen and oxygen atoms in total. The van der Waals surface area contributed by atoms with Crippen LogP contribution >= 0.6 is 61.8 Å². The number of hydrogen-bond acceptors (Lipinski definition) is 3. The molecule has 0 saturated heterocycles. The van der Waals surface area contributed by atoms with E-state index in [1.54, 1.807) is 12.1 Å². The summed E-state index contributed by atoms with van der Waals surface area (Å²) < 4.78 is 0.825. The Kier molecular flexibility index (Phi) is 3.75. The standard InChI is InChI=1S/C9H5BrCl2OS2/c10-9-5(12)3-6(15-9)7(13)8-4(11)1-2-14-8/h1-3,7,13H. The third-order valence-corrected chi connectivity index (χ3v) is 5.76. The Labute approximate surface area is 113 Å². The average molecular weight is 344 g/mol. The smallest absolute Gasteiger partial charge is 0.124 e. The molecule has 80 valence electrons. The first-order valence-electron chi connectivity index (χ1n) is 3.95. The van der Waals surface area contributed by atoms with Crippen molar-refractivity contribution in [2.45, 2.75) is 6.10 Å². The highest BCUT2D eigenvalue weighted by Crippen LogP contribution is 2.40. The van der Waals surface area contributed by atoms with Gasteiger partial charge in [0.1, 0.15) is 6.10 Å². The fourth-order valence-corrected chi connectivity index (χ4v) is 4.11. The second-order valence-electron chi connectivity index (χ2n) is 2.81. The van der Waals surface area contributed by atoms with Crippen LogP contribution in [0, 0.1) is 0 Å². The monoisotopic (exact) mass is 342 g/mol. The predicted octanol–water partition coefficient (Wildman–Crippen LogP) is 4.96. The van der Waals surface area contributed by atoms with Gasteiger partial charge in [-0.3, -0.25) is 0 Å². The van der Waals surface area contributed by atoms with Gasteiger partial charge in [-0.25, -0.2) is 0 Å². The summed E-state index contributed by atoms with van der Waals surface area (Å²) in [7, 11) is 0. The van der Waals surface area contributed by atoms with Crippen molar-refractivity contribution in [1.82, 2.24) is 0 Å². The molecule has 1 unspecified atom stereocenters. The van der Waals surface area contributed by atoms with E-state index >= 15 is 0 Å². The number of hydrogen-bond donors (Lipinski definition) is 1. The van der Waals surface area contributed by atoms with Gasteiger partial charge in [0, 0.05) is 4.88 Å². The molecule has 0 amide bonds. The van der Waals surface area contributed by atoms with Gasteiger partial charge >= 0.3 is 0 Å². The van der Waals surface area contributed by atoms with Crippen molar-refractivity contribution in [3.8, 4) is 0 Å². The lowest BCUT2D eigenvalue weighted by molar-refractivity contribution is 0.228. The molecule has 2 rings (SSSR count). The molecule has 15 heavy (non-hydrogen) atoms. The summed E-state index contributed by atoms with van der Waals surface area (Å²) in [6.07, 6.45) is -0.689. The van der Waals surface area contributed by atoms with E-state index in [2.05, 4.69) is 15.9 Å². The van der Waals surface area contributed by atoms with Gasteiger partial charge in [0.15, 0.2) is 0 Å². The molecule has 0 aliphatic rings. The van der Waals surface area contributed by atoms with Crippen LogP contribution in [0.15, 0.2) is 21.3 Å². The van der Waals surface area contributed by atoms with E-state index in [4.69, 9.17) is 23.2 Å². The quantitative estimate of drug-likeness (QED) is 0.816. The first-order chi connectivity index (χ1) is 7.09. The first kappa shape index (κ1) is 11.9. The second kappa shape index (κ2) is 4.73.